The normalized spacial score (nSPS) is 13.5. The zero-order valence-corrected chi connectivity index (χ0v) is 20.6. The topological polar surface area (TPSA) is 119 Å². The first-order valence-electron chi connectivity index (χ1n) is 11.6. The molecule has 1 unspecified atom stereocenters. The summed E-state index contributed by atoms with van der Waals surface area (Å²) in [5.74, 6) is 1.64. The van der Waals surface area contributed by atoms with Gasteiger partial charge in [0.1, 0.15) is 11.5 Å². The smallest absolute Gasteiger partial charge is 0.411 e. The van der Waals surface area contributed by atoms with Crippen LogP contribution in [0.3, 0.4) is 0 Å². The Balaban J connectivity index is 1.80. The number of ether oxygens (including phenoxy) is 4. The molecular weight excluding hydrogens is 454 g/mol. The molecule has 0 bridgehead atoms. The van der Waals surface area contributed by atoms with Crippen molar-refractivity contribution in [1.82, 2.24) is 5.06 Å². The molecule has 35 heavy (non-hydrogen) atoms. The Morgan fingerprint density at radius 1 is 1.14 bits per heavy atom. The lowest BCUT2D eigenvalue weighted by atomic mass is 10.0. The zero-order chi connectivity index (χ0) is 25.4. The molecule has 0 fully saturated rings. The number of amides is 2. The van der Waals surface area contributed by atoms with Crippen LogP contribution in [-0.2, 0) is 22.4 Å². The van der Waals surface area contributed by atoms with E-state index in [4.69, 9.17) is 18.9 Å². The molecule has 0 saturated carbocycles. The maximum absolute atomic E-state index is 12.1. The predicted molar refractivity (Wildman–Crippen MR) is 130 cm³/mol. The first-order valence-corrected chi connectivity index (χ1v) is 11.6. The van der Waals surface area contributed by atoms with Crippen LogP contribution in [0.5, 0.6) is 17.2 Å². The van der Waals surface area contributed by atoms with Gasteiger partial charge < -0.3 is 29.5 Å². The fourth-order valence-electron chi connectivity index (χ4n) is 3.84. The van der Waals surface area contributed by atoms with Crippen molar-refractivity contribution in [2.45, 2.75) is 45.8 Å². The van der Waals surface area contributed by atoms with Crippen LogP contribution in [-0.4, -0.2) is 55.9 Å². The fourth-order valence-corrected chi connectivity index (χ4v) is 3.84. The Bertz CT molecular complexity index is 1020. The number of nitrogens with zero attached hydrogens (tertiary/aromatic N) is 1. The summed E-state index contributed by atoms with van der Waals surface area (Å²) >= 11 is 0. The number of hydroxylamine groups is 2. The van der Waals surface area contributed by atoms with Crippen LogP contribution in [0.1, 0.15) is 37.8 Å². The minimum absolute atomic E-state index is 0.0842. The lowest BCUT2D eigenvalue weighted by Gasteiger charge is -2.29. The molecule has 2 aromatic rings. The molecule has 3 N–H and O–H groups in total. The molecule has 0 spiro atoms. The zero-order valence-electron chi connectivity index (χ0n) is 20.6. The molecule has 0 aliphatic carbocycles. The molecule has 2 amide bonds. The van der Waals surface area contributed by atoms with Crippen LogP contribution in [0.2, 0.25) is 0 Å². The van der Waals surface area contributed by atoms with Gasteiger partial charge in [-0.3, -0.25) is 10.1 Å². The van der Waals surface area contributed by atoms with Gasteiger partial charge in [0.15, 0.2) is 12.0 Å². The average molecular weight is 488 g/mol. The Hall–Kier alpha value is -3.50. The van der Waals surface area contributed by atoms with Gasteiger partial charge in [0.25, 0.3) is 0 Å². The minimum Gasteiger partial charge on any atom is -0.497 e. The van der Waals surface area contributed by atoms with Crippen molar-refractivity contribution >= 4 is 23.4 Å². The van der Waals surface area contributed by atoms with Gasteiger partial charge in [-0.25, -0.2) is 4.79 Å². The van der Waals surface area contributed by atoms with Gasteiger partial charge in [0.05, 0.1) is 26.5 Å². The standard InChI is InChI=1S/C25H33N3O7/c1-5-23(28(31)12-11-16-13-17(32-3)15-18(14-16)33-4)35-24-19-7-10-22(29)26-20(19)8-9-21(24)27-25(30)34-6-2/h8-9,13-15,23,31H,5-7,10-12H2,1-4H3,(H,26,29)(H,27,30). The molecule has 10 heteroatoms. The molecule has 0 radical (unpaired) electrons. The Labute approximate surface area is 205 Å². The highest BCUT2D eigenvalue weighted by Gasteiger charge is 2.26. The fraction of sp³-hybridized carbons (Fsp3) is 0.440. The first-order chi connectivity index (χ1) is 16.9. The van der Waals surface area contributed by atoms with E-state index in [-0.39, 0.29) is 19.1 Å². The predicted octanol–water partition coefficient (Wildman–Crippen LogP) is 4.21. The van der Waals surface area contributed by atoms with Crippen molar-refractivity contribution < 1.29 is 33.7 Å². The van der Waals surface area contributed by atoms with Gasteiger partial charge in [0, 0.05) is 30.3 Å². The summed E-state index contributed by atoms with van der Waals surface area (Å²) in [7, 11) is 3.17. The number of methoxy groups -OCH3 is 2. The van der Waals surface area contributed by atoms with E-state index in [0.717, 1.165) is 16.2 Å². The van der Waals surface area contributed by atoms with Gasteiger partial charge >= 0.3 is 6.09 Å². The Kier molecular flexibility index (Phi) is 9.16. The average Bonchev–Trinajstić information content (AvgIpc) is 2.86. The summed E-state index contributed by atoms with van der Waals surface area (Å²) in [5, 5.41) is 17.5. The molecule has 190 valence electrons. The number of nitrogens with one attached hydrogen (secondary N) is 2. The van der Waals surface area contributed by atoms with E-state index in [1.807, 2.05) is 19.1 Å². The summed E-state index contributed by atoms with van der Waals surface area (Å²) in [6.07, 6.45) is 0.407. The van der Waals surface area contributed by atoms with Crippen molar-refractivity contribution in [3.05, 3.63) is 41.5 Å². The molecule has 0 aromatic heterocycles. The van der Waals surface area contributed by atoms with E-state index in [0.29, 0.717) is 54.3 Å². The van der Waals surface area contributed by atoms with Crippen LogP contribution in [0.15, 0.2) is 30.3 Å². The number of rotatable bonds is 11. The number of benzene rings is 2. The van der Waals surface area contributed by atoms with E-state index in [2.05, 4.69) is 10.6 Å². The summed E-state index contributed by atoms with van der Waals surface area (Å²) in [4.78, 5) is 24.0. The lowest BCUT2D eigenvalue weighted by molar-refractivity contribution is -0.185. The van der Waals surface area contributed by atoms with Gasteiger partial charge in [-0.05, 0) is 56.0 Å². The molecule has 1 atom stereocenters. The van der Waals surface area contributed by atoms with Gasteiger partial charge in [-0.1, -0.05) is 6.92 Å². The summed E-state index contributed by atoms with van der Waals surface area (Å²) in [6.45, 7) is 4.10. The van der Waals surface area contributed by atoms with Gasteiger partial charge in [0.2, 0.25) is 5.91 Å². The third kappa shape index (κ3) is 6.77. The number of fused-ring (bicyclic) bond motifs is 1. The van der Waals surface area contributed by atoms with Crippen molar-refractivity contribution in [3.8, 4) is 17.2 Å². The molecule has 10 nitrogen and oxygen atoms in total. The third-order valence-corrected chi connectivity index (χ3v) is 5.63. The van der Waals surface area contributed by atoms with Crippen LogP contribution in [0.4, 0.5) is 16.2 Å². The van der Waals surface area contributed by atoms with Crippen LogP contribution in [0, 0.1) is 0 Å². The van der Waals surface area contributed by atoms with E-state index >= 15 is 0 Å². The van der Waals surface area contributed by atoms with E-state index in [1.165, 1.54) is 0 Å². The third-order valence-electron chi connectivity index (χ3n) is 5.63. The maximum atomic E-state index is 12.1. The lowest BCUT2D eigenvalue weighted by Crippen LogP contribution is -2.38. The number of anilines is 2. The van der Waals surface area contributed by atoms with Crippen LogP contribution >= 0.6 is 0 Å². The van der Waals surface area contributed by atoms with Crippen molar-refractivity contribution in [2.75, 3.05) is 38.0 Å². The van der Waals surface area contributed by atoms with Crippen molar-refractivity contribution in [3.63, 3.8) is 0 Å². The second-order valence-corrected chi connectivity index (χ2v) is 7.98. The molecule has 1 heterocycles. The molecule has 1 aliphatic heterocycles. The maximum Gasteiger partial charge on any atom is 0.411 e. The quantitative estimate of drug-likeness (QED) is 0.319. The highest BCUT2D eigenvalue weighted by molar-refractivity contribution is 5.96. The van der Waals surface area contributed by atoms with Gasteiger partial charge in [-0.15, -0.1) is 0 Å². The number of hydrogen-bond donors (Lipinski definition) is 3. The van der Waals surface area contributed by atoms with Crippen molar-refractivity contribution in [2.24, 2.45) is 0 Å². The van der Waals surface area contributed by atoms with E-state index in [9.17, 15) is 14.8 Å². The minimum atomic E-state index is -0.700. The van der Waals surface area contributed by atoms with E-state index in [1.54, 1.807) is 39.3 Å². The number of hydrogen-bond acceptors (Lipinski definition) is 8. The number of carbonyl (C=O) groups is 2. The molecule has 1 aliphatic rings. The van der Waals surface area contributed by atoms with Gasteiger partial charge in [-0.2, -0.15) is 5.06 Å². The SMILES string of the molecule is CCOC(=O)Nc1ccc2c(c1OC(CC)N(O)CCc1cc(OC)cc(OC)c1)CCC(=O)N2. The second-order valence-electron chi connectivity index (χ2n) is 7.98. The largest absolute Gasteiger partial charge is 0.497 e. The van der Waals surface area contributed by atoms with Crippen LogP contribution in [0.25, 0.3) is 0 Å². The Morgan fingerprint density at radius 3 is 2.49 bits per heavy atom. The summed E-state index contributed by atoms with van der Waals surface area (Å²) in [5.41, 5.74) is 2.71. The first kappa shape index (κ1) is 26.1. The highest BCUT2D eigenvalue weighted by Crippen LogP contribution is 2.39. The molecule has 0 saturated heterocycles. The Morgan fingerprint density at radius 2 is 1.86 bits per heavy atom. The summed E-state index contributed by atoms with van der Waals surface area (Å²) in [6, 6.07) is 8.92. The monoisotopic (exact) mass is 487 g/mol. The molecule has 3 rings (SSSR count). The highest BCUT2D eigenvalue weighted by atomic mass is 16.6. The van der Waals surface area contributed by atoms with Crippen LogP contribution < -0.4 is 24.8 Å². The number of carbonyl (C=O) groups excluding carboxylic acids is 2. The van der Waals surface area contributed by atoms with E-state index < -0.39 is 12.3 Å². The summed E-state index contributed by atoms with van der Waals surface area (Å²) < 4.78 is 21.9. The molecular formula is C25H33N3O7. The molecule has 2 aromatic carbocycles. The second kappa shape index (κ2) is 12.3. The van der Waals surface area contributed by atoms with Crippen molar-refractivity contribution in [1.29, 1.82) is 0 Å².